The number of hydrogen-bond acceptors (Lipinski definition) is 3. The predicted molar refractivity (Wildman–Crippen MR) is 109 cm³/mol. The summed E-state index contributed by atoms with van der Waals surface area (Å²) in [6.45, 7) is 10.3. The Morgan fingerprint density at radius 3 is 2.23 bits per heavy atom. The topological polar surface area (TPSA) is 52.9 Å². The van der Waals surface area contributed by atoms with Crippen LogP contribution in [0.5, 0.6) is 5.75 Å². The molecular weight excluding hydrogens is 324 g/mol. The van der Waals surface area contributed by atoms with Gasteiger partial charge in [-0.25, -0.2) is 0 Å². The average Bonchev–Trinajstić information content (AvgIpc) is 2.60. The lowest BCUT2D eigenvalue weighted by Crippen LogP contribution is -2.17. The van der Waals surface area contributed by atoms with Crippen molar-refractivity contribution in [2.75, 3.05) is 11.9 Å². The molecule has 0 aromatic heterocycles. The number of amides is 1. The quantitative estimate of drug-likeness (QED) is 0.561. The summed E-state index contributed by atoms with van der Waals surface area (Å²) in [6, 6.07) is 11.3. The molecule has 26 heavy (non-hydrogen) atoms. The number of carbonyl (C=O) groups excluding carboxylic acids is 1. The first-order valence-electron chi connectivity index (χ1n) is 8.95. The molecule has 1 N–H and O–H groups in total. The van der Waals surface area contributed by atoms with Crippen molar-refractivity contribution in [2.24, 2.45) is 4.99 Å². The molecule has 0 bridgehead atoms. The van der Waals surface area contributed by atoms with E-state index in [4.69, 9.17) is 4.99 Å². The van der Waals surface area contributed by atoms with Gasteiger partial charge in [-0.05, 0) is 54.2 Å². The maximum Gasteiger partial charge on any atom is 0.213 e. The molecule has 0 saturated heterocycles. The van der Waals surface area contributed by atoms with Crippen molar-refractivity contribution in [2.45, 2.75) is 46.5 Å². The highest BCUT2D eigenvalue weighted by Gasteiger charge is 2.17. The van der Waals surface area contributed by atoms with Crippen LogP contribution in [0.15, 0.2) is 41.4 Å². The largest absolute Gasteiger partial charge is 0.507 e. The number of nitrogens with zero attached hydrogens (tertiary/aromatic N) is 2. The minimum absolute atomic E-state index is 0.223. The molecule has 4 nitrogen and oxygen atoms in total. The lowest BCUT2D eigenvalue weighted by Gasteiger charge is -2.22. The first-order valence-corrected chi connectivity index (χ1v) is 8.95. The number of phenolic OH excluding ortho intramolecular Hbond substituents is 1. The molecule has 0 fully saturated rings. The van der Waals surface area contributed by atoms with Crippen molar-refractivity contribution in [1.29, 1.82) is 0 Å². The Morgan fingerprint density at radius 2 is 1.69 bits per heavy atom. The van der Waals surface area contributed by atoms with Crippen molar-refractivity contribution in [3.8, 4) is 5.75 Å². The van der Waals surface area contributed by atoms with Crippen LogP contribution in [0.4, 0.5) is 11.4 Å². The summed E-state index contributed by atoms with van der Waals surface area (Å²) in [5, 5.41) is 10.1. The van der Waals surface area contributed by atoms with Crippen molar-refractivity contribution >= 4 is 23.5 Å². The number of aliphatic imine (C=N–C) groups is 1. The van der Waals surface area contributed by atoms with Gasteiger partial charge in [-0.15, -0.1) is 0 Å². The van der Waals surface area contributed by atoms with Crippen LogP contribution in [-0.2, 0) is 4.79 Å². The molecule has 1 amide bonds. The van der Waals surface area contributed by atoms with Crippen molar-refractivity contribution in [3.05, 3.63) is 53.1 Å². The van der Waals surface area contributed by atoms with Crippen LogP contribution in [0, 0.1) is 0 Å². The first-order chi connectivity index (χ1) is 12.3. The molecule has 0 aliphatic carbocycles. The fourth-order valence-corrected chi connectivity index (χ4v) is 3.01. The van der Waals surface area contributed by atoms with E-state index in [2.05, 4.69) is 39.8 Å². The van der Waals surface area contributed by atoms with Crippen LogP contribution < -0.4 is 4.90 Å². The standard InChI is InChI=1S/C22H28N2O2/c1-14(2)18-12-21(24(6)13-25)19(15(3)4)11-20(18)23-16(5)17-9-7-8-10-22(17)26/h7-15,26H,1-6H3. The second kappa shape index (κ2) is 8.17. The molecular formula is C22H28N2O2. The lowest BCUT2D eigenvalue weighted by molar-refractivity contribution is -0.107. The number of carbonyl (C=O) groups is 1. The van der Waals surface area contributed by atoms with Gasteiger partial charge < -0.3 is 10.0 Å². The van der Waals surface area contributed by atoms with Crippen LogP contribution >= 0.6 is 0 Å². The zero-order chi connectivity index (χ0) is 19.4. The van der Waals surface area contributed by atoms with Gasteiger partial charge in [0.2, 0.25) is 6.41 Å². The van der Waals surface area contributed by atoms with Gasteiger partial charge in [-0.2, -0.15) is 0 Å². The van der Waals surface area contributed by atoms with E-state index in [1.165, 1.54) is 0 Å². The number of para-hydroxylation sites is 1. The van der Waals surface area contributed by atoms with Crippen LogP contribution in [0.2, 0.25) is 0 Å². The molecule has 0 unspecified atom stereocenters. The first kappa shape index (κ1) is 19.7. The molecule has 0 radical (unpaired) electrons. The summed E-state index contributed by atoms with van der Waals surface area (Å²) >= 11 is 0. The molecule has 0 atom stereocenters. The maximum atomic E-state index is 11.3. The van der Waals surface area contributed by atoms with Crippen LogP contribution in [0.1, 0.15) is 63.1 Å². The fourth-order valence-electron chi connectivity index (χ4n) is 3.01. The van der Waals surface area contributed by atoms with Gasteiger partial charge >= 0.3 is 0 Å². The molecule has 0 saturated carbocycles. The van der Waals surface area contributed by atoms with Crippen molar-refractivity contribution in [1.82, 2.24) is 0 Å². The SMILES string of the molecule is CC(=Nc1cc(C(C)C)c(N(C)C=O)cc1C(C)C)c1ccccc1O. The third kappa shape index (κ3) is 4.13. The van der Waals surface area contributed by atoms with Crippen LogP contribution in [0.25, 0.3) is 0 Å². The number of hydrogen-bond donors (Lipinski definition) is 1. The Balaban J connectivity index is 2.67. The Kier molecular flexibility index (Phi) is 6.19. The Morgan fingerprint density at radius 1 is 1.08 bits per heavy atom. The third-order valence-corrected chi connectivity index (χ3v) is 4.54. The van der Waals surface area contributed by atoms with E-state index in [0.717, 1.165) is 40.2 Å². The van der Waals surface area contributed by atoms with Crippen LogP contribution in [0.3, 0.4) is 0 Å². The highest BCUT2D eigenvalue weighted by molar-refractivity contribution is 6.02. The van der Waals surface area contributed by atoms with Gasteiger partial charge in [0.1, 0.15) is 5.75 Å². The minimum atomic E-state index is 0.223. The molecule has 2 aromatic carbocycles. The van der Waals surface area contributed by atoms with Crippen molar-refractivity contribution < 1.29 is 9.90 Å². The van der Waals surface area contributed by atoms with Crippen molar-refractivity contribution in [3.63, 3.8) is 0 Å². The molecule has 0 aliphatic heterocycles. The van der Waals surface area contributed by atoms with E-state index < -0.39 is 0 Å². The summed E-state index contributed by atoms with van der Waals surface area (Å²) in [7, 11) is 1.77. The highest BCUT2D eigenvalue weighted by Crippen LogP contribution is 2.37. The summed E-state index contributed by atoms with van der Waals surface area (Å²) < 4.78 is 0. The molecule has 2 rings (SSSR count). The highest BCUT2D eigenvalue weighted by atomic mass is 16.3. The maximum absolute atomic E-state index is 11.3. The number of rotatable bonds is 6. The zero-order valence-corrected chi connectivity index (χ0v) is 16.4. The normalized spacial score (nSPS) is 11.9. The van der Waals surface area contributed by atoms with E-state index in [1.807, 2.05) is 19.1 Å². The minimum Gasteiger partial charge on any atom is -0.507 e. The zero-order valence-electron chi connectivity index (χ0n) is 16.4. The molecule has 4 heteroatoms. The molecule has 2 aromatic rings. The molecule has 0 heterocycles. The Hall–Kier alpha value is -2.62. The van der Waals surface area contributed by atoms with Gasteiger partial charge in [0, 0.05) is 24.0 Å². The summed E-state index contributed by atoms with van der Waals surface area (Å²) in [6.07, 6.45) is 0.835. The second-order valence-electron chi connectivity index (χ2n) is 7.21. The Labute approximate surface area is 156 Å². The van der Waals surface area contributed by atoms with E-state index >= 15 is 0 Å². The van der Waals surface area contributed by atoms with Gasteiger partial charge in [-0.3, -0.25) is 9.79 Å². The average molecular weight is 352 g/mol. The van der Waals surface area contributed by atoms with E-state index in [0.29, 0.717) is 0 Å². The Bertz CT molecular complexity index is 823. The summed E-state index contributed by atoms with van der Waals surface area (Å²) in [5.74, 6) is 0.736. The van der Waals surface area contributed by atoms with E-state index in [-0.39, 0.29) is 17.6 Å². The molecule has 138 valence electrons. The number of anilines is 1. The number of aromatic hydroxyl groups is 1. The number of phenols is 1. The van der Waals surface area contributed by atoms with Gasteiger partial charge in [0.15, 0.2) is 0 Å². The predicted octanol–water partition coefficient (Wildman–Crippen LogP) is 5.37. The van der Waals surface area contributed by atoms with Gasteiger partial charge in [0.25, 0.3) is 0 Å². The van der Waals surface area contributed by atoms with E-state index in [9.17, 15) is 9.90 Å². The summed E-state index contributed by atoms with van der Waals surface area (Å²) in [5.41, 5.74) is 5.43. The third-order valence-electron chi connectivity index (χ3n) is 4.54. The van der Waals surface area contributed by atoms with Crippen LogP contribution in [-0.4, -0.2) is 24.3 Å². The lowest BCUT2D eigenvalue weighted by atomic mass is 9.92. The monoisotopic (exact) mass is 352 g/mol. The number of benzene rings is 2. The summed E-state index contributed by atoms with van der Waals surface area (Å²) in [4.78, 5) is 17.8. The fraction of sp³-hybridized carbons (Fsp3) is 0.364. The molecule has 0 spiro atoms. The second-order valence-corrected chi connectivity index (χ2v) is 7.21. The smallest absolute Gasteiger partial charge is 0.213 e. The van der Waals surface area contributed by atoms with Gasteiger partial charge in [-0.1, -0.05) is 39.8 Å². The van der Waals surface area contributed by atoms with Gasteiger partial charge in [0.05, 0.1) is 5.69 Å². The van der Waals surface area contributed by atoms with E-state index in [1.54, 1.807) is 24.1 Å². The molecule has 0 aliphatic rings.